The summed E-state index contributed by atoms with van der Waals surface area (Å²) in [5, 5.41) is 0.591. The third kappa shape index (κ3) is 3.25. The third-order valence-corrected chi connectivity index (χ3v) is 3.33. The minimum atomic E-state index is 0.411. The van der Waals surface area contributed by atoms with Gasteiger partial charge in [-0.05, 0) is 23.8 Å². The summed E-state index contributed by atoms with van der Waals surface area (Å²) in [6, 6.07) is 13.6. The minimum absolute atomic E-state index is 0.411. The summed E-state index contributed by atoms with van der Waals surface area (Å²) in [7, 11) is 0. The molecular formula is C14H13BrClNO. The zero-order chi connectivity index (χ0) is 13.0. The molecule has 0 unspecified atom stereocenters. The molecule has 0 saturated heterocycles. The Morgan fingerprint density at radius 2 is 1.94 bits per heavy atom. The molecule has 2 aromatic carbocycles. The molecule has 0 saturated carbocycles. The molecule has 2 N–H and O–H groups in total. The second-order valence-electron chi connectivity index (χ2n) is 3.85. The molecular weight excluding hydrogens is 314 g/mol. The van der Waals surface area contributed by atoms with E-state index in [2.05, 4.69) is 15.9 Å². The van der Waals surface area contributed by atoms with Crippen LogP contribution in [0.1, 0.15) is 11.1 Å². The number of benzene rings is 2. The van der Waals surface area contributed by atoms with Crippen molar-refractivity contribution >= 4 is 27.5 Å². The number of halogens is 2. The van der Waals surface area contributed by atoms with E-state index in [-0.39, 0.29) is 0 Å². The molecule has 0 amide bonds. The standard InChI is InChI=1S/C14H13BrClNO/c15-12-5-1-3-10(7-12)9-18-14-11(8-17)4-2-6-13(14)16/h1-7H,8-9,17H2. The Labute approximate surface area is 120 Å². The van der Waals surface area contributed by atoms with Crippen LogP contribution in [0.2, 0.25) is 5.02 Å². The minimum Gasteiger partial charge on any atom is -0.487 e. The number of hydrogen-bond donors (Lipinski definition) is 1. The normalized spacial score (nSPS) is 10.4. The molecule has 0 atom stereocenters. The maximum Gasteiger partial charge on any atom is 0.142 e. The Balaban J connectivity index is 2.15. The van der Waals surface area contributed by atoms with Gasteiger partial charge in [0.15, 0.2) is 0 Å². The lowest BCUT2D eigenvalue weighted by Gasteiger charge is -2.12. The highest BCUT2D eigenvalue weighted by Gasteiger charge is 2.07. The van der Waals surface area contributed by atoms with Crippen LogP contribution in [0.15, 0.2) is 46.9 Å². The molecule has 2 rings (SSSR count). The summed E-state index contributed by atoms with van der Waals surface area (Å²) in [4.78, 5) is 0. The summed E-state index contributed by atoms with van der Waals surface area (Å²) < 4.78 is 6.80. The molecule has 0 fully saturated rings. The van der Waals surface area contributed by atoms with Crippen molar-refractivity contribution < 1.29 is 4.74 Å². The van der Waals surface area contributed by atoms with E-state index in [0.29, 0.717) is 23.9 Å². The lowest BCUT2D eigenvalue weighted by Crippen LogP contribution is -2.03. The Kier molecular flexibility index (Phi) is 4.64. The average molecular weight is 327 g/mol. The Hall–Kier alpha value is -1.03. The van der Waals surface area contributed by atoms with Gasteiger partial charge in [0.25, 0.3) is 0 Å². The fourth-order valence-electron chi connectivity index (χ4n) is 1.66. The maximum absolute atomic E-state index is 6.12. The largest absolute Gasteiger partial charge is 0.487 e. The van der Waals surface area contributed by atoms with Gasteiger partial charge >= 0.3 is 0 Å². The molecule has 0 aromatic heterocycles. The first-order valence-electron chi connectivity index (χ1n) is 5.55. The van der Waals surface area contributed by atoms with Crippen LogP contribution < -0.4 is 10.5 Å². The molecule has 0 radical (unpaired) electrons. The number of para-hydroxylation sites is 1. The number of hydrogen-bond acceptors (Lipinski definition) is 2. The second-order valence-corrected chi connectivity index (χ2v) is 5.17. The summed E-state index contributed by atoms with van der Waals surface area (Å²) in [6.07, 6.45) is 0. The summed E-state index contributed by atoms with van der Waals surface area (Å²) >= 11 is 9.55. The third-order valence-electron chi connectivity index (χ3n) is 2.54. The summed E-state index contributed by atoms with van der Waals surface area (Å²) in [5.41, 5.74) is 7.66. The van der Waals surface area contributed by atoms with Crippen LogP contribution in [0.25, 0.3) is 0 Å². The lowest BCUT2D eigenvalue weighted by molar-refractivity contribution is 0.303. The van der Waals surface area contributed by atoms with Crippen LogP contribution in [0, 0.1) is 0 Å². The van der Waals surface area contributed by atoms with E-state index in [1.165, 1.54) is 0 Å². The van der Waals surface area contributed by atoms with Crippen molar-refractivity contribution in [1.82, 2.24) is 0 Å². The van der Waals surface area contributed by atoms with Crippen LogP contribution in [-0.2, 0) is 13.2 Å². The van der Waals surface area contributed by atoms with E-state index in [4.69, 9.17) is 22.1 Å². The van der Waals surface area contributed by atoms with Crippen LogP contribution in [0.4, 0.5) is 0 Å². The second kappa shape index (κ2) is 6.23. The zero-order valence-electron chi connectivity index (χ0n) is 9.70. The number of nitrogens with two attached hydrogens (primary N) is 1. The summed E-state index contributed by atoms with van der Waals surface area (Å²) in [6.45, 7) is 0.880. The zero-order valence-corrected chi connectivity index (χ0v) is 12.0. The van der Waals surface area contributed by atoms with Crippen molar-refractivity contribution in [3.05, 3.63) is 63.1 Å². The van der Waals surface area contributed by atoms with Crippen LogP contribution >= 0.6 is 27.5 Å². The highest BCUT2D eigenvalue weighted by atomic mass is 79.9. The highest BCUT2D eigenvalue weighted by Crippen LogP contribution is 2.29. The molecule has 4 heteroatoms. The van der Waals surface area contributed by atoms with Crippen molar-refractivity contribution in [1.29, 1.82) is 0 Å². The van der Waals surface area contributed by atoms with E-state index in [0.717, 1.165) is 15.6 Å². The molecule has 2 nitrogen and oxygen atoms in total. The van der Waals surface area contributed by atoms with Gasteiger partial charge in [-0.15, -0.1) is 0 Å². The van der Waals surface area contributed by atoms with Crippen molar-refractivity contribution in [2.45, 2.75) is 13.2 Å². The number of ether oxygens (including phenoxy) is 1. The fraction of sp³-hybridized carbons (Fsp3) is 0.143. The molecule has 18 heavy (non-hydrogen) atoms. The summed E-state index contributed by atoms with van der Waals surface area (Å²) in [5.74, 6) is 0.668. The topological polar surface area (TPSA) is 35.2 Å². The van der Waals surface area contributed by atoms with Gasteiger partial charge in [-0.1, -0.05) is 51.8 Å². The van der Waals surface area contributed by atoms with Crippen molar-refractivity contribution in [3.63, 3.8) is 0 Å². The molecule has 2 aromatic rings. The Morgan fingerprint density at radius 1 is 1.17 bits per heavy atom. The molecule has 94 valence electrons. The van der Waals surface area contributed by atoms with Gasteiger partial charge in [0.1, 0.15) is 12.4 Å². The van der Waals surface area contributed by atoms with Gasteiger partial charge < -0.3 is 10.5 Å². The van der Waals surface area contributed by atoms with Crippen molar-refractivity contribution in [2.24, 2.45) is 5.73 Å². The first-order valence-corrected chi connectivity index (χ1v) is 6.72. The van der Waals surface area contributed by atoms with Crippen molar-refractivity contribution in [2.75, 3.05) is 0 Å². The molecule has 0 heterocycles. The van der Waals surface area contributed by atoms with E-state index in [9.17, 15) is 0 Å². The first-order chi connectivity index (χ1) is 8.70. The highest BCUT2D eigenvalue weighted by molar-refractivity contribution is 9.10. The average Bonchev–Trinajstić information content (AvgIpc) is 2.37. The molecule has 0 bridgehead atoms. The fourth-order valence-corrected chi connectivity index (χ4v) is 2.35. The first kappa shape index (κ1) is 13.4. The van der Waals surface area contributed by atoms with Crippen molar-refractivity contribution in [3.8, 4) is 5.75 Å². The van der Waals surface area contributed by atoms with Gasteiger partial charge in [0, 0.05) is 16.6 Å². The molecule has 0 aliphatic rings. The quantitative estimate of drug-likeness (QED) is 0.916. The smallest absolute Gasteiger partial charge is 0.142 e. The molecule has 0 spiro atoms. The van der Waals surface area contributed by atoms with Gasteiger partial charge in [-0.2, -0.15) is 0 Å². The van der Waals surface area contributed by atoms with E-state index in [1.807, 2.05) is 36.4 Å². The van der Waals surface area contributed by atoms with E-state index >= 15 is 0 Å². The van der Waals surface area contributed by atoms with Crippen LogP contribution in [0.5, 0.6) is 5.75 Å². The lowest BCUT2D eigenvalue weighted by atomic mass is 10.2. The van der Waals surface area contributed by atoms with E-state index in [1.54, 1.807) is 6.07 Å². The van der Waals surface area contributed by atoms with Gasteiger partial charge in [0.2, 0.25) is 0 Å². The number of rotatable bonds is 4. The van der Waals surface area contributed by atoms with Gasteiger partial charge in [-0.3, -0.25) is 0 Å². The van der Waals surface area contributed by atoms with Gasteiger partial charge in [-0.25, -0.2) is 0 Å². The van der Waals surface area contributed by atoms with Crippen LogP contribution in [-0.4, -0.2) is 0 Å². The SMILES string of the molecule is NCc1cccc(Cl)c1OCc1cccc(Br)c1. The Morgan fingerprint density at radius 3 is 2.67 bits per heavy atom. The predicted octanol–water partition coefficient (Wildman–Crippen LogP) is 4.14. The molecule has 0 aliphatic heterocycles. The molecule has 0 aliphatic carbocycles. The Bertz CT molecular complexity index is 545. The monoisotopic (exact) mass is 325 g/mol. The van der Waals surface area contributed by atoms with Crippen LogP contribution in [0.3, 0.4) is 0 Å². The predicted molar refractivity (Wildman–Crippen MR) is 77.8 cm³/mol. The van der Waals surface area contributed by atoms with E-state index < -0.39 is 0 Å². The van der Waals surface area contributed by atoms with Gasteiger partial charge in [0.05, 0.1) is 5.02 Å². The maximum atomic E-state index is 6.12.